The van der Waals surface area contributed by atoms with Crippen molar-refractivity contribution in [1.29, 1.82) is 0 Å². The van der Waals surface area contributed by atoms with Gasteiger partial charge in [-0.2, -0.15) is 0 Å². The van der Waals surface area contributed by atoms with E-state index >= 15 is 0 Å². The van der Waals surface area contributed by atoms with Crippen molar-refractivity contribution in [1.82, 2.24) is 5.32 Å². The number of anilines is 1. The Morgan fingerprint density at radius 2 is 1.67 bits per heavy atom. The molecule has 2 aromatic carbocycles. The average Bonchev–Trinajstić information content (AvgIpc) is 3.10. The zero-order valence-corrected chi connectivity index (χ0v) is 16.8. The van der Waals surface area contributed by atoms with E-state index in [1.54, 1.807) is 25.1 Å². The topological polar surface area (TPSA) is 75.3 Å². The monoisotopic (exact) mass is 386 g/mol. The van der Waals surface area contributed by atoms with Crippen molar-refractivity contribution in [2.45, 2.75) is 57.4 Å². The van der Waals surface area contributed by atoms with Crippen molar-refractivity contribution >= 4 is 21.6 Å². The van der Waals surface area contributed by atoms with Gasteiger partial charge in [-0.25, -0.2) is 8.42 Å². The van der Waals surface area contributed by atoms with Crippen LogP contribution in [-0.2, 0) is 10.0 Å². The minimum Gasteiger partial charge on any atom is -0.349 e. The quantitative estimate of drug-likeness (QED) is 0.813. The Labute approximate surface area is 161 Å². The predicted octanol–water partition coefficient (Wildman–Crippen LogP) is 4.09. The summed E-state index contributed by atoms with van der Waals surface area (Å²) in [7, 11) is -3.79. The summed E-state index contributed by atoms with van der Waals surface area (Å²) >= 11 is 0. The summed E-state index contributed by atoms with van der Waals surface area (Å²) < 4.78 is 28.5. The van der Waals surface area contributed by atoms with Gasteiger partial charge in [0.1, 0.15) is 0 Å². The molecule has 0 aromatic heterocycles. The number of amides is 1. The van der Waals surface area contributed by atoms with E-state index in [-0.39, 0.29) is 16.8 Å². The second kappa shape index (κ2) is 7.72. The zero-order valence-electron chi connectivity index (χ0n) is 16.0. The number of benzene rings is 2. The molecule has 27 heavy (non-hydrogen) atoms. The lowest BCUT2D eigenvalue weighted by Gasteiger charge is -2.15. The van der Waals surface area contributed by atoms with Crippen LogP contribution in [0.4, 0.5) is 5.69 Å². The standard InChI is InChI=1S/C21H26N2O3S/c1-14-8-11-19(16(3)12-14)23-27(25,26)20-13-17(10-9-15(20)2)21(24)22-18-6-4-5-7-18/h8-13,18,23H,4-7H2,1-3H3,(H,22,24). The third-order valence-electron chi connectivity index (χ3n) is 5.06. The molecule has 1 saturated carbocycles. The summed E-state index contributed by atoms with van der Waals surface area (Å²) in [5.74, 6) is -0.218. The summed E-state index contributed by atoms with van der Waals surface area (Å²) in [6.45, 7) is 5.56. The van der Waals surface area contributed by atoms with E-state index in [0.29, 0.717) is 16.8 Å². The molecule has 1 aliphatic carbocycles. The lowest BCUT2D eigenvalue weighted by Crippen LogP contribution is -2.32. The van der Waals surface area contributed by atoms with Crippen LogP contribution >= 0.6 is 0 Å². The maximum absolute atomic E-state index is 12.9. The Hall–Kier alpha value is -2.34. The number of nitrogens with one attached hydrogen (secondary N) is 2. The van der Waals surface area contributed by atoms with Gasteiger partial charge in [-0.15, -0.1) is 0 Å². The highest BCUT2D eigenvalue weighted by atomic mass is 32.2. The van der Waals surface area contributed by atoms with E-state index < -0.39 is 10.0 Å². The van der Waals surface area contributed by atoms with Gasteiger partial charge in [0.2, 0.25) is 0 Å². The summed E-state index contributed by atoms with van der Waals surface area (Å²) in [6, 6.07) is 10.6. The first-order chi connectivity index (χ1) is 12.8. The highest BCUT2D eigenvalue weighted by molar-refractivity contribution is 7.92. The lowest BCUT2D eigenvalue weighted by atomic mass is 10.1. The van der Waals surface area contributed by atoms with Crippen LogP contribution in [0.1, 0.15) is 52.7 Å². The fourth-order valence-electron chi connectivity index (χ4n) is 3.50. The molecule has 2 aromatic rings. The second-order valence-corrected chi connectivity index (χ2v) is 9.01. The third kappa shape index (κ3) is 4.50. The fraction of sp³-hybridized carbons (Fsp3) is 0.381. The largest absolute Gasteiger partial charge is 0.349 e. The zero-order chi connectivity index (χ0) is 19.6. The molecule has 0 radical (unpaired) electrons. The van der Waals surface area contributed by atoms with Crippen molar-refractivity contribution in [3.63, 3.8) is 0 Å². The number of sulfonamides is 1. The highest BCUT2D eigenvalue weighted by Crippen LogP contribution is 2.24. The van der Waals surface area contributed by atoms with Crippen LogP contribution in [0.3, 0.4) is 0 Å². The van der Waals surface area contributed by atoms with E-state index in [0.717, 1.165) is 36.8 Å². The molecule has 0 unspecified atom stereocenters. The Balaban J connectivity index is 1.86. The first kappa shape index (κ1) is 19.4. The normalized spacial score (nSPS) is 14.9. The molecule has 0 atom stereocenters. The van der Waals surface area contributed by atoms with Gasteiger partial charge in [0.05, 0.1) is 10.6 Å². The molecule has 2 N–H and O–H groups in total. The Bertz CT molecular complexity index is 961. The van der Waals surface area contributed by atoms with Gasteiger partial charge in [-0.1, -0.05) is 36.6 Å². The van der Waals surface area contributed by atoms with E-state index in [1.165, 1.54) is 6.07 Å². The van der Waals surface area contributed by atoms with Crippen LogP contribution in [0.5, 0.6) is 0 Å². The van der Waals surface area contributed by atoms with Gasteiger partial charge < -0.3 is 5.32 Å². The fourth-order valence-corrected chi connectivity index (χ4v) is 4.90. The minimum atomic E-state index is -3.79. The number of hydrogen-bond acceptors (Lipinski definition) is 3. The van der Waals surface area contributed by atoms with Crippen molar-refractivity contribution in [3.05, 3.63) is 58.7 Å². The number of hydrogen-bond donors (Lipinski definition) is 2. The number of carbonyl (C=O) groups is 1. The number of aryl methyl sites for hydroxylation is 3. The second-order valence-electron chi connectivity index (χ2n) is 7.36. The van der Waals surface area contributed by atoms with Crippen molar-refractivity contribution in [2.24, 2.45) is 0 Å². The van der Waals surface area contributed by atoms with Gasteiger partial charge in [-0.05, 0) is 62.9 Å². The summed E-state index contributed by atoms with van der Waals surface area (Å²) in [5.41, 5.74) is 3.43. The van der Waals surface area contributed by atoms with Crippen LogP contribution in [0.15, 0.2) is 41.3 Å². The van der Waals surface area contributed by atoms with Crippen LogP contribution < -0.4 is 10.0 Å². The molecule has 0 spiro atoms. The highest BCUT2D eigenvalue weighted by Gasteiger charge is 2.22. The molecule has 3 rings (SSSR count). The molecule has 6 heteroatoms. The average molecular weight is 387 g/mol. The third-order valence-corrected chi connectivity index (χ3v) is 6.56. The van der Waals surface area contributed by atoms with E-state index in [9.17, 15) is 13.2 Å². The van der Waals surface area contributed by atoms with Gasteiger partial charge in [0.25, 0.3) is 15.9 Å². The maximum atomic E-state index is 12.9. The number of carbonyl (C=O) groups excluding carboxylic acids is 1. The molecular formula is C21H26N2O3S. The first-order valence-electron chi connectivity index (χ1n) is 9.28. The van der Waals surface area contributed by atoms with E-state index in [1.807, 2.05) is 26.0 Å². The lowest BCUT2D eigenvalue weighted by molar-refractivity contribution is 0.0937. The molecule has 1 aliphatic rings. The molecule has 0 heterocycles. The molecular weight excluding hydrogens is 360 g/mol. The molecule has 1 amide bonds. The summed E-state index contributed by atoms with van der Waals surface area (Å²) in [4.78, 5) is 12.6. The molecule has 1 fully saturated rings. The molecule has 0 saturated heterocycles. The summed E-state index contributed by atoms with van der Waals surface area (Å²) in [5, 5.41) is 3.00. The van der Waals surface area contributed by atoms with Crippen LogP contribution in [0, 0.1) is 20.8 Å². The molecule has 0 bridgehead atoms. The van der Waals surface area contributed by atoms with Gasteiger partial charge in [0.15, 0.2) is 0 Å². The summed E-state index contributed by atoms with van der Waals surface area (Å²) in [6.07, 6.45) is 4.21. The first-order valence-corrected chi connectivity index (χ1v) is 10.8. The molecule has 0 aliphatic heterocycles. The van der Waals surface area contributed by atoms with Crippen LogP contribution in [0.2, 0.25) is 0 Å². The van der Waals surface area contributed by atoms with E-state index in [2.05, 4.69) is 10.0 Å². The van der Waals surface area contributed by atoms with Gasteiger partial charge in [-0.3, -0.25) is 9.52 Å². The number of rotatable bonds is 5. The van der Waals surface area contributed by atoms with Crippen molar-refractivity contribution in [3.8, 4) is 0 Å². The predicted molar refractivity (Wildman–Crippen MR) is 108 cm³/mol. The Kier molecular flexibility index (Phi) is 5.56. The van der Waals surface area contributed by atoms with Gasteiger partial charge in [0, 0.05) is 11.6 Å². The van der Waals surface area contributed by atoms with Crippen LogP contribution in [-0.4, -0.2) is 20.4 Å². The van der Waals surface area contributed by atoms with Crippen molar-refractivity contribution < 1.29 is 13.2 Å². The van der Waals surface area contributed by atoms with Crippen LogP contribution in [0.25, 0.3) is 0 Å². The SMILES string of the molecule is Cc1ccc(NS(=O)(=O)c2cc(C(=O)NC3CCCC3)ccc2C)c(C)c1. The van der Waals surface area contributed by atoms with E-state index in [4.69, 9.17) is 0 Å². The molecule has 144 valence electrons. The molecule has 5 nitrogen and oxygen atoms in total. The van der Waals surface area contributed by atoms with Crippen molar-refractivity contribution in [2.75, 3.05) is 4.72 Å². The van der Waals surface area contributed by atoms with Gasteiger partial charge >= 0.3 is 0 Å². The Morgan fingerprint density at radius 3 is 2.33 bits per heavy atom. The maximum Gasteiger partial charge on any atom is 0.262 e. The smallest absolute Gasteiger partial charge is 0.262 e. The Morgan fingerprint density at radius 1 is 0.963 bits per heavy atom. The minimum absolute atomic E-state index is 0.126.